The third-order valence-corrected chi connectivity index (χ3v) is 4.25. The maximum atomic E-state index is 12.5. The molecule has 0 unspecified atom stereocenters. The number of carbonyl (C=O) groups excluding carboxylic acids is 2. The van der Waals surface area contributed by atoms with Gasteiger partial charge in [-0.1, -0.05) is 23.8 Å². The van der Waals surface area contributed by atoms with E-state index in [4.69, 9.17) is 0 Å². The van der Waals surface area contributed by atoms with Crippen molar-refractivity contribution in [3.63, 3.8) is 0 Å². The summed E-state index contributed by atoms with van der Waals surface area (Å²) in [5.74, 6) is -0.0400. The van der Waals surface area contributed by atoms with Crippen LogP contribution in [0.5, 0.6) is 5.75 Å². The highest BCUT2D eigenvalue weighted by atomic mass is 16.3. The van der Waals surface area contributed by atoms with Crippen LogP contribution in [0.4, 0.5) is 0 Å². The van der Waals surface area contributed by atoms with Gasteiger partial charge in [-0.2, -0.15) is 0 Å². The first-order valence-electron chi connectivity index (χ1n) is 7.99. The second-order valence-corrected chi connectivity index (χ2v) is 6.00. The summed E-state index contributed by atoms with van der Waals surface area (Å²) in [5, 5.41) is 9.50. The number of hydrogen-bond donors (Lipinski definition) is 1. The maximum absolute atomic E-state index is 12.5. The second-order valence-electron chi connectivity index (χ2n) is 6.00. The van der Waals surface area contributed by atoms with E-state index in [-0.39, 0.29) is 17.6 Å². The summed E-state index contributed by atoms with van der Waals surface area (Å²) in [5.41, 5.74) is 2.26. The van der Waals surface area contributed by atoms with Crippen LogP contribution in [0.1, 0.15) is 26.3 Å². The number of aromatic hydroxyl groups is 1. The van der Waals surface area contributed by atoms with Crippen molar-refractivity contribution >= 4 is 11.8 Å². The topological polar surface area (TPSA) is 60.9 Å². The number of amides is 2. The van der Waals surface area contributed by atoms with Gasteiger partial charge in [0.1, 0.15) is 5.75 Å². The molecule has 2 aromatic carbocycles. The van der Waals surface area contributed by atoms with Crippen LogP contribution in [-0.4, -0.2) is 52.9 Å². The van der Waals surface area contributed by atoms with E-state index in [1.807, 2.05) is 31.2 Å². The predicted molar refractivity (Wildman–Crippen MR) is 91.1 cm³/mol. The van der Waals surface area contributed by atoms with Crippen molar-refractivity contribution < 1.29 is 14.7 Å². The number of piperazine rings is 1. The molecule has 24 heavy (non-hydrogen) atoms. The van der Waals surface area contributed by atoms with Gasteiger partial charge in [-0.25, -0.2) is 0 Å². The largest absolute Gasteiger partial charge is 0.508 e. The number of hydrogen-bond acceptors (Lipinski definition) is 3. The first kappa shape index (κ1) is 16.1. The van der Waals surface area contributed by atoms with E-state index >= 15 is 0 Å². The molecule has 1 aliphatic heterocycles. The minimum absolute atomic E-state index is 0.000505. The molecule has 0 saturated carbocycles. The van der Waals surface area contributed by atoms with Gasteiger partial charge in [0, 0.05) is 37.3 Å². The molecule has 2 aromatic rings. The smallest absolute Gasteiger partial charge is 0.254 e. The quantitative estimate of drug-likeness (QED) is 0.922. The Labute approximate surface area is 141 Å². The van der Waals surface area contributed by atoms with Crippen molar-refractivity contribution in [3.8, 4) is 5.75 Å². The molecule has 1 fully saturated rings. The zero-order chi connectivity index (χ0) is 17.1. The summed E-state index contributed by atoms with van der Waals surface area (Å²) in [6, 6.07) is 13.9. The molecule has 1 aliphatic rings. The van der Waals surface area contributed by atoms with Gasteiger partial charge < -0.3 is 14.9 Å². The van der Waals surface area contributed by atoms with Crippen molar-refractivity contribution in [2.45, 2.75) is 6.92 Å². The van der Waals surface area contributed by atoms with E-state index in [0.717, 1.165) is 5.56 Å². The Morgan fingerprint density at radius 1 is 0.833 bits per heavy atom. The lowest BCUT2D eigenvalue weighted by Crippen LogP contribution is -2.50. The molecule has 2 amide bonds. The van der Waals surface area contributed by atoms with Gasteiger partial charge in [0.25, 0.3) is 11.8 Å². The molecule has 0 bridgehead atoms. The first-order valence-corrected chi connectivity index (χ1v) is 7.99. The molecule has 1 saturated heterocycles. The first-order chi connectivity index (χ1) is 11.5. The third kappa shape index (κ3) is 3.40. The summed E-state index contributed by atoms with van der Waals surface area (Å²) in [6.45, 7) is 3.99. The lowest BCUT2D eigenvalue weighted by atomic mass is 10.1. The Morgan fingerprint density at radius 3 is 1.92 bits per heavy atom. The highest BCUT2D eigenvalue weighted by Crippen LogP contribution is 2.15. The van der Waals surface area contributed by atoms with Gasteiger partial charge in [-0.15, -0.1) is 0 Å². The molecular formula is C19H20N2O3. The summed E-state index contributed by atoms with van der Waals surface area (Å²) in [7, 11) is 0. The van der Waals surface area contributed by atoms with Gasteiger partial charge in [-0.05, 0) is 37.3 Å². The van der Waals surface area contributed by atoms with Crippen LogP contribution in [0, 0.1) is 6.92 Å². The van der Waals surface area contributed by atoms with Crippen molar-refractivity contribution in [1.82, 2.24) is 9.80 Å². The Balaban J connectivity index is 1.62. The highest BCUT2D eigenvalue weighted by molar-refractivity contribution is 5.96. The van der Waals surface area contributed by atoms with E-state index in [1.165, 1.54) is 12.1 Å². The highest BCUT2D eigenvalue weighted by Gasteiger charge is 2.25. The average molecular weight is 324 g/mol. The van der Waals surface area contributed by atoms with Crippen LogP contribution in [0.25, 0.3) is 0 Å². The Hall–Kier alpha value is -2.82. The summed E-state index contributed by atoms with van der Waals surface area (Å²) in [4.78, 5) is 28.4. The molecule has 124 valence electrons. The molecule has 0 atom stereocenters. The van der Waals surface area contributed by atoms with Gasteiger partial charge in [0.2, 0.25) is 0 Å². The third-order valence-electron chi connectivity index (χ3n) is 4.25. The standard InChI is InChI=1S/C19H20N2O3/c1-14-5-7-15(8-6-14)18(23)20-9-11-21(12-10-20)19(24)16-3-2-4-17(22)13-16/h2-8,13,22H,9-12H2,1H3. The van der Waals surface area contributed by atoms with Crippen molar-refractivity contribution in [3.05, 3.63) is 65.2 Å². The van der Waals surface area contributed by atoms with Crippen LogP contribution in [0.2, 0.25) is 0 Å². The van der Waals surface area contributed by atoms with Crippen LogP contribution in [-0.2, 0) is 0 Å². The monoisotopic (exact) mass is 324 g/mol. The van der Waals surface area contributed by atoms with Crippen LogP contribution >= 0.6 is 0 Å². The zero-order valence-corrected chi connectivity index (χ0v) is 13.6. The number of phenolic OH excluding ortho intramolecular Hbond substituents is 1. The molecule has 0 aliphatic carbocycles. The van der Waals surface area contributed by atoms with Crippen molar-refractivity contribution in [1.29, 1.82) is 0 Å². The molecule has 5 heteroatoms. The Kier molecular flexibility index (Phi) is 4.51. The van der Waals surface area contributed by atoms with Crippen LogP contribution in [0.3, 0.4) is 0 Å². The second kappa shape index (κ2) is 6.74. The number of aryl methyl sites for hydroxylation is 1. The summed E-state index contributed by atoms with van der Waals surface area (Å²) < 4.78 is 0. The predicted octanol–water partition coefficient (Wildman–Crippen LogP) is 2.30. The van der Waals surface area contributed by atoms with Crippen LogP contribution < -0.4 is 0 Å². The summed E-state index contributed by atoms with van der Waals surface area (Å²) >= 11 is 0. The Morgan fingerprint density at radius 2 is 1.38 bits per heavy atom. The molecule has 0 spiro atoms. The van der Waals surface area contributed by atoms with Gasteiger partial charge in [-0.3, -0.25) is 9.59 Å². The fourth-order valence-electron chi connectivity index (χ4n) is 2.81. The molecule has 1 N–H and O–H groups in total. The number of phenols is 1. The lowest BCUT2D eigenvalue weighted by molar-refractivity contribution is 0.0535. The average Bonchev–Trinajstić information content (AvgIpc) is 2.61. The molecule has 5 nitrogen and oxygen atoms in total. The van der Waals surface area contributed by atoms with Gasteiger partial charge in [0.05, 0.1) is 0 Å². The molecule has 0 aromatic heterocycles. The van der Waals surface area contributed by atoms with E-state index in [0.29, 0.717) is 37.3 Å². The number of rotatable bonds is 2. The molecule has 1 heterocycles. The normalized spacial score (nSPS) is 14.5. The molecule has 3 rings (SSSR count). The molecule has 0 radical (unpaired) electrons. The molecular weight excluding hydrogens is 304 g/mol. The van der Waals surface area contributed by atoms with E-state index < -0.39 is 0 Å². The fraction of sp³-hybridized carbons (Fsp3) is 0.263. The van der Waals surface area contributed by atoms with E-state index in [2.05, 4.69) is 0 Å². The van der Waals surface area contributed by atoms with Gasteiger partial charge in [0.15, 0.2) is 0 Å². The van der Waals surface area contributed by atoms with Crippen LogP contribution in [0.15, 0.2) is 48.5 Å². The lowest BCUT2D eigenvalue weighted by Gasteiger charge is -2.35. The van der Waals surface area contributed by atoms with Crippen molar-refractivity contribution in [2.75, 3.05) is 26.2 Å². The minimum atomic E-state index is -0.117. The fourth-order valence-corrected chi connectivity index (χ4v) is 2.81. The van der Waals surface area contributed by atoms with E-state index in [9.17, 15) is 14.7 Å². The minimum Gasteiger partial charge on any atom is -0.508 e. The Bertz CT molecular complexity index is 747. The number of benzene rings is 2. The maximum Gasteiger partial charge on any atom is 0.254 e. The van der Waals surface area contributed by atoms with E-state index in [1.54, 1.807) is 21.9 Å². The summed E-state index contributed by atoms with van der Waals surface area (Å²) in [6.07, 6.45) is 0. The van der Waals surface area contributed by atoms with Gasteiger partial charge >= 0.3 is 0 Å². The number of carbonyl (C=O) groups is 2. The van der Waals surface area contributed by atoms with Crippen molar-refractivity contribution in [2.24, 2.45) is 0 Å². The number of nitrogens with zero attached hydrogens (tertiary/aromatic N) is 2. The zero-order valence-electron chi connectivity index (χ0n) is 13.6. The SMILES string of the molecule is Cc1ccc(C(=O)N2CCN(C(=O)c3cccc(O)c3)CC2)cc1.